The predicted molar refractivity (Wildman–Crippen MR) is 70.5 cm³/mol. The third-order valence-electron chi connectivity index (χ3n) is 2.78. The van der Waals surface area contributed by atoms with Gasteiger partial charge in [-0.2, -0.15) is 0 Å². The van der Waals surface area contributed by atoms with E-state index < -0.39 is 5.54 Å². The summed E-state index contributed by atoms with van der Waals surface area (Å²) in [5, 5.41) is 5.66. The van der Waals surface area contributed by atoms with Gasteiger partial charge < -0.3 is 16.4 Å². The molecule has 0 saturated heterocycles. The Morgan fingerprint density at radius 2 is 2.00 bits per heavy atom. The number of hydrogen-bond donors (Lipinski definition) is 3. The van der Waals surface area contributed by atoms with E-state index in [1.54, 1.807) is 18.2 Å². The van der Waals surface area contributed by atoms with Crippen LogP contribution in [0, 0.1) is 0 Å². The van der Waals surface area contributed by atoms with Crippen LogP contribution in [-0.2, 0) is 9.59 Å². The van der Waals surface area contributed by atoms with Crippen molar-refractivity contribution in [3.63, 3.8) is 0 Å². The zero-order chi connectivity index (χ0) is 13.3. The van der Waals surface area contributed by atoms with Crippen molar-refractivity contribution in [2.24, 2.45) is 5.73 Å². The molecule has 1 aliphatic carbocycles. The summed E-state index contributed by atoms with van der Waals surface area (Å²) in [5.74, 6) is -0.404. The maximum atomic E-state index is 11.7. The molecule has 0 atom stereocenters. The Labute approximate surface area is 110 Å². The molecule has 1 aliphatic rings. The van der Waals surface area contributed by atoms with Crippen LogP contribution in [0.15, 0.2) is 18.2 Å². The van der Waals surface area contributed by atoms with Crippen LogP contribution in [0.3, 0.4) is 0 Å². The lowest BCUT2D eigenvalue weighted by Gasteiger charge is -2.11. The molecule has 1 saturated carbocycles. The van der Waals surface area contributed by atoms with Crippen LogP contribution in [0.2, 0.25) is 5.02 Å². The van der Waals surface area contributed by atoms with E-state index >= 15 is 0 Å². The Balaban J connectivity index is 2.09. The summed E-state index contributed by atoms with van der Waals surface area (Å²) in [6.07, 6.45) is 1.41. The van der Waals surface area contributed by atoms with Gasteiger partial charge in [0.1, 0.15) is 0 Å². The van der Waals surface area contributed by atoms with Gasteiger partial charge in [0.15, 0.2) is 0 Å². The van der Waals surface area contributed by atoms with Crippen molar-refractivity contribution in [3.05, 3.63) is 23.2 Å². The van der Waals surface area contributed by atoms with Crippen LogP contribution >= 0.6 is 11.6 Å². The van der Waals surface area contributed by atoms with E-state index in [0.717, 1.165) is 0 Å². The number of nitrogens with two attached hydrogens (primary N) is 1. The van der Waals surface area contributed by atoms with Crippen molar-refractivity contribution in [1.82, 2.24) is 0 Å². The van der Waals surface area contributed by atoms with Crippen molar-refractivity contribution in [3.8, 4) is 0 Å². The molecular formula is C12H14ClN3O2. The van der Waals surface area contributed by atoms with Gasteiger partial charge in [-0.25, -0.2) is 0 Å². The van der Waals surface area contributed by atoms with E-state index in [1.165, 1.54) is 6.92 Å². The van der Waals surface area contributed by atoms with Crippen LogP contribution in [0.25, 0.3) is 0 Å². The molecule has 0 radical (unpaired) electrons. The maximum Gasteiger partial charge on any atom is 0.244 e. The molecule has 0 spiro atoms. The molecule has 0 bridgehead atoms. The molecule has 1 fully saturated rings. The van der Waals surface area contributed by atoms with Crippen LogP contribution in [0.5, 0.6) is 0 Å². The Morgan fingerprint density at radius 1 is 1.33 bits per heavy atom. The van der Waals surface area contributed by atoms with Gasteiger partial charge in [0.2, 0.25) is 11.8 Å². The number of nitrogens with one attached hydrogen (secondary N) is 2. The third-order valence-corrected chi connectivity index (χ3v) is 3.09. The molecule has 2 rings (SSSR count). The van der Waals surface area contributed by atoms with Crippen LogP contribution in [0.1, 0.15) is 19.8 Å². The number of benzene rings is 1. The van der Waals surface area contributed by atoms with E-state index in [4.69, 9.17) is 17.3 Å². The normalized spacial score (nSPS) is 15.9. The second kappa shape index (κ2) is 4.59. The Bertz CT molecular complexity index is 512. The van der Waals surface area contributed by atoms with Crippen molar-refractivity contribution in [2.45, 2.75) is 25.3 Å². The molecule has 0 heterocycles. The van der Waals surface area contributed by atoms with E-state index in [1.807, 2.05) is 0 Å². The summed E-state index contributed by atoms with van der Waals surface area (Å²) in [4.78, 5) is 22.6. The van der Waals surface area contributed by atoms with Crippen LogP contribution in [0.4, 0.5) is 11.4 Å². The second-order valence-electron chi connectivity index (χ2n) is 4.49. The topological polar surface area (TPSA) is 84.2 Å². The molecule has 18 heavy (non-hydrogen) atoms. The van der Waals surface area contributed by atoms with Gasteiger partial charge in [0, 0.05) is 12.6 Å². The number of rotatable bonds is 3. The average molecular weight is 268 g/mol. The molecule has 6 heteroatoms. The minimum atomic E-state index is -0.719. The number of amides is 2. The molecule has 4 N–H and O–H groups in total. The average Bonchev–Trinajstić information content (AvgIpc) is 3.01. The van der Waals surface area contributed by atoms with Crippen molar-refractivity contribution in [1.29, 1.82) is 0 Å². The number of carbonyl (C=O) groups excluding carboxylic acids is 2. The molecule has 1 aromatic carbocycles. The highest BCUT2D eigenvalue weighted by Crippen LogP contribution is 2.34. The van der Waals surface area contributed by atoms with Crippen molar-refractivity contribution < 1.29 is 9.59 Å². The lowest BCUT2D eigenvalue weighted by Crippen LogP contribution is -2.37. The summed E-state index contributed by atoms with van der Waals surface area (Å²) < 4.78 is 0. The molecule has 96 valence electrons. The Kier molecular flexibility index (Phi) is 3.28. The van der Waals surface area contributed by atoms with Crippen molar-refractivity contribution in [2.75, 3.05) is 10.6 Å². The predicted octanol–water partition coefficient (Wildman–Crippen LogP) is 1.73. The van der Waals surface area contributed by atoms with E-state index in [0.29, 0.717) is 29.2 Å². The van der Waals surface area contributed by atoms with Gasteiger partial charge in [-0.05, 0) is 31.0 Å². The minimum absolute atomic E-state index is 0.201. The van der Waals surface area contributed by atoms with Gasteiger partial charge in [-0.3, -0.25) is 9.59 Å². The summed E-state index contributed by atoms with van der Waals surface area (Å²) in [6, 6.07) is 4.88. The smallest absolute Gasteiger partial charge is 0.244 e. The van der Waals surface area contributed by atoms with Gasteiger partial charge in [-0.1, -0.05) is 11.6 Å². The molecule has 1 aromatic rings. The van der Waals surface area contributed by atoms with Crippen molar-refractivity contribution >= 4 is 34.8 Å². The summed E-state index contributed by atoms with van der Waals surface area (Å²) >= 11 is 5.99. The lowest BCUT2D eigenvalue weighted by molar-refractivity contribution is -0.118. The standard InChI is InChI=1S/C12H14ClN3O2/c1-7(17)15-10-3-2-8(6-9(10)13)16-11(18)12(14)4-5-12/h2-3,6H,4-5,14H2,1H3,(H,15,17)(H,16,18). The Hall–Kier alpha value is -1.59. The first-order valence-corrected chi connectivity index (χ1v) is 5.96. The Morgan fingerprint density at radius 3 is 2.50 bits per heavy atom. The second-order valence-corrected chi connectivity index (χ2v) is 4.89. The summed E-state index contributed by atoms with van der Waals surface area (Å²) in [6.45, 7) is 1.40. The number of carbonyl (C=O) groups is 2. The largest absolute Gasteiger partial charge is 0.325 e. The van der Waals surface area contributed by atoms with Gasteiger partial charge in [0.05, 0.1) is 16.2 Å². The maximum absolute atomic E-state index is 11.7. The van der Waals surface area contributed by atoms with Gasteiger partial charge in [-0.15, -0.1) is 0 Å². The third kappa shape index (κ3) is 2.80. The van der Waals surface area contributed by atoms with E-state index in [-0.39, 0.29) is 11.8 Å². The van der Waals surface area contributed by atoms with Crippen LogP contribution in [-0.4, -0.2) is 17.4 Å². The molecule has 0 aromatic heterocycles. The minimum Gasteiger partial charge on any atom is -0.325 e. The first kappa shape index (κ1) is 12.9. The quantitative estimate of drug-likeness (QED) is 0.780. The fourth-order valence-electron chi connectivity index (χ4n) is 1.50. The highest BCUT2D eigenvalue weighted by Gasteiger charge is 2.45. The number of halogens is 1. The van der Waals surface area contributed by atoms with Gasteiger partial charge >= 0.3 is 0 Å². The number of anilines is 2. The number of hydrogen-bond acceptors (Lipinski definition) is 3. The highest BCUT2D eigenvalue weighted by atomic mass is 35.5. The van der Waals surface area contributed by atoms with E-state index in [9.17, 15) is 9.59 Å². The fourth-order valence-corrected chi connectivity index (χ4v) is 1.73. The molecule has 0 unspecified atom stereocenters. The molecule has 2 amide bonds. The first-order valence-electron chi connectivity index (χ1n) is 5.58. The molecular weight excluding hydrogens is 254 g/mol. The zero-order valence-corrected chi connectivity index (χ0v) is 10.7. The lowest BCUT2D eigenvalue weighted by atomic mass is 10.2. The first-order chi connectivity index (χ1) is 8.40. The highest BCUT2D eigenvalue weighted by molar-refractivity contribution is 6.34. The van der Waals surface area contributed by atoms with Crippen LogP contribution < -0.4 is 16.4 Å². The fraction of sp³-hybridized carbons (Fsp3) is 0.333. The molecule has 0 aliphatic heterocycles. The monoisotopic (exact) mass is 267 g/mol. The van der Waals surface area contributed by atoms with Gasteiger partial charge in [0.25, 0.3) is 0 Å². The SMILES string of the molecule is CC(=O)Nc1ccc(NC(=O)C2(N)CC2)cc1Cl. The molecule has 5 nitrogen and oxygen atoms in total. The summed E-state index contributed by atoms with van der Waals surface area (Å²) in [5.41, 5.74) is 6.13. The van der Waals surface area contributed by atoms with E-state index in [2.05, 4.69) is 10.6 Å². The zero-order valence-electron chi connectivity index (χ0n) is 9.92. The summed E-state index contributed by atoms with van der Waals surface area (Å²) in [7, 11) is 0.